The lowest BCUT2D eigenvalue weighted by atomic mass is 10.3. The van der Waals surface area contributed by atoms with Gasteiger partial charge in [-0.25, -0.2) is 0 Å². The van der Waals surface area contributed by atoms with Crippen molar-refractivity contribution in [2.24, 2.45) is 0 Å². The Kier molecular flexibility index (Phi) is 3.96. The van der Waals surface area contributed by atoms with Gasteiger partial charge in [-0.2, -0.15) is 0 Å². The molecule has 0 saturated heterocycles. The van der Waals surface area contributed by atoms with E-state index in [0.29, 0.717) is 12.1 Å². The Bertz CT molecular complexity index is 266. The van der Waals surface area contributed by atoms with Crippen molar-refractivity contribution in [3.05, 3.63) is 23.4 Å². The van der Waals surface area contributed by atoms with Gasteiger partial charge in [-0.05, 0) is 18.5 Å². The third-order valence-electron chi connectivity index (χ3n) is 3.32. The Balaban J connectivity index is 2.90. The molecule has 0 amide bonds. The SMILES string of the molecule is CC(C)N(C(C)C)[Si](C)(C)C1=CC=CC1. The molecule has 0 aliphatic heterocycles. The molecular formula is C13H25NSi. The smallest absolute Gasteiger partial charge is 0.150 e. The van der Waals surface area contributed by atoms with E-state index in [2.05, 4.69) is 63.6 Å². The summed E-state index contributed by atoms with van der Waals surface area (Å²) in [4.78, 5) is 0. The molecule has 1 aliphatic carbocycles. The van der Waals surface area contributed by atoms with Gasteiger partial charge in [0.05, 0.1) is 0 Å². The highest BCUT2D eigenvalue weighted by atomic mass is 28.3. The van der Waals surface area contributed by atoms with Gasteiger partial charge in [0.2, 0.25) is 0 Å². The zero-order valence-corrected chi connectivity index (χ0v) is 12.0. The van der Waals surface area contributed by atoms with Crippen LogP contribution in [-0.4, -0.2) is 24.9 Å². The highest BCUT2D eigenvalue weighted by molar-refractivity contribution is 6.82. The summed E-state index contributed by atoms with van der Waals surface area (Å²) >= 11 is 0. The van der Waals surface area contributed by atoms with E-state index in [4.69, 9.17) is 0 Å². The van der Waals surface area contributed by atoms with Crippen LogP contribution < -0.4 is 0 Å². The van der Waals surface area contributed by atoms with Gasteiger partial charge in [0.15, 0.2) is 8.24 Å². The molecular weight excluding hydrogens is 198 g/mol. The summed E-state index contributed by atoms with van der Waals surface area (Å²) in [6.45, 7) is 14.2. The third-order valence-corrected chi connectivity index (χ3v) is 7.58. The summed E-state index contributed by atoms with van der Waals surface area (Å²) < 4.78 is 2.73. The van der Waals surface area contributed by atoms with Gasteiger partial charge < -0.3 is 4.57 Å². The largest absolute Gasteiger partial charge is 0.316 e. The molecule has 15 heavy (non-hydrogen) atoms. The number of allylic oxidation sites excluding steroid dienone is 4. The van der Waals surface area contributed by atoms with Crippen LogP contribution in [0.15, 0.2) is 23.4 Å². The third kappa shape index (κ3) is 2.61. The normalized spacial score (nSPS) is 17.0. The summed E-state index contributed by atoms with van der Waals surface area (Å²) in [7, 11) is -1.39. The van der Waals surface area contributed by atoms with E-state index in [1.165, 1.54) is 6.42 Å². The topological polar surface area (TPSA) is 3.24 Å². The quantitative estimate of drug-likeness (QED) is 0.656. The van der Waals surface area contributed by atoms with E-state index < -0.39 is 8.24 Å². The first-order chi connectivity index (χ1) is 6.87. The van der Waals surface area contributed by atoms with Crippen molar-refractivity contribution in [3.8, 4) is 0 Å². The molecule has 0 N–H and O–H groups in total. The van der Waals surface area contributed by atoms with Crippen LogP contribution >= 0.6 is 0 Å². The van der Waals surface area contributed by atoms with Gasteiger partial charge in [-0.15, -0.1) is 0 Å². The van der Waals surface area contributed by atoms with E-state index in [-0.39, 0.29) is 0 Å². The monoisotopic (exact) mass is 223 g/mol. The summed E-state index contributed by atoms with van der Waals surface area (Å²) in [5.74, 6) is 0. The van der Waals surface area contributed by atoms with Gasteiger partial charge in [0.1, 0.15) is 0 Å². The Morgan fingerprint density at radius 2 is 1.67 bits per heavy atom. The molecule has 0 aromatic carbocycles. The van der Waals surface area contributed by atoms with E-state index in [9.17, 15) is 0 Å². The molecule has 1 rings (SSSR count). The number of hydrogen-bond acceptors (Lipinski definition) is 1. The van der Waals surface area contributed by atoms with Crippen molar-refractivity contribution < 1.29 is 0 Å². The molecule has 2 heteroatoms. The van der Waals surface area contributed by atoms with Crippen LogP contribution in [0.25, 0.3) is 0 Å². The minimum absolute atomic E-state index is 0.646. The highest BCUT2D eigenvalue weighted by Gasteiger charge is 2.36. The molecule has 1 aliphatic rings. The lowest BCUT2D eigenvalue weighted by molar-refractivity contribution is 0.297. The fraction of sp³-hybridized carbons (Fsp3) is 0.692. The van der Waals surface area contributed by atoms with Crippen LogP contribution in [0.2, 0.25) is 13.1 Å². The van der Waals surface area contributed by atoms with E-state index >= 15 is 0 Å². The number of rotatable bonds is 4. The molecule has 0 radical (unpaired) electrons. The van der Waals surface area contributed by atoms with Crippen molar-refractivity contribution in [2.75, 3.05) is 0 Å². The van der Waals surface area contributed by atoms with Crippen LogP contribution in [0, 0.1) is 0 Å². The molecule has 0 saturated carbocycles. The Morgan fingerprint density at radius 3 is 2.00 bits per heavy atom. The predicted octanol–water partition coefficient (Wildman–Crippen LogP) is 3.74. The van der Waals surface area contributed by atoms with E-state index in [0.717, 1.165) is 0 Å². The van der Waals surface area contributed by atoms with Gasteiger partial charge in [-0.1, -0.05) is 64.2 Å². The van der Waals surface area contributed by atoms with Crippen LogP contribution in [0.1, 0.15) is 34.1 Å². The average molecular weight is 223 g/mol. The molecule has 0 bridgehead atoms. The zero-order valence-electron chi connectivity index (χ0n) is 11.0. The maximum atomic E-state index is 2.73. The van der Waals surface area contributed by atoms with Gasteiger partial charge in [0.25, 0.3) is 0 Å². The Hall–Kier alpha value is -0.343. The van der Waals surface area contributed by atoms with Crippen molar-refractivity contribution >= 4 is 8.24 Å². The Labute approximate surface area is 96.0 Å². The van der Waals surface area contributed by atoms with Gasteiger partial charge in [-0.3, -0.25) is 0 Å². The summed E-state index contributed by atoms with van der Waals surface area (Å²) in [6, 6.07) is 1.29. The minimum atomic E-state index is -1.39. The highest BCUT2D eigenvalue weighted by Crippen LogP contribution is 2.29. The van der Waals surface area contributed by atoms with Crippen LogP contribution in [0.4, 0.5) is 0 Å². The second kappa shape index (κ2) is 4.66. The first kappa shape index (κ1) is 12.7. The van der Waals surface area contributed by atoms with Crippen molar-refractivity contribution in [1.29, 1.82) is 0 Å². The molecule has 0 atom stereocenters. The average Bonchev–Trinajstić information content (AvgIpc) is 2.52. The Morgan fingerprint density at radius 1 is 1.13 bits per heavy atom. The predicted molar refractivity (Wildman–Crippen MR) is 71.4 cm³/mol. The fourth-order valence-electron chi connectivity index (χ4n) is 2.95. The second-order valence-electron chi connectivity index (χ2n) is 5.48. The van der Waals surface area contributed by atoms with Crippen molar-refractivity contribution in [1.82, 2.24) is 4.57 Å². The van der Waals surface area contributed by atoms with Crippen LogP contribution in [0.3, 0.4) is 0 Å². The fourth-order valence-corrected chi connectivity index (χ4v) is 6.99. The minimum Gasteiger partial charge on any atom is -0.316 e. The van der Waals surface area contributed by atoms with E-state index in [1.807, 2.05) is 0 Å². The van der Waals surface area contributed by atoms with Crippen molar-refractivity contribution in [3.63, 3.8) is 0 Å². The molecule has 0 heterocycles. The molecule has 1 nitrogen and oxygen atoms in total. The van der Waals surface area contributed by atoms with Crippen molar-refractivity contribution in [2.45, 2.75) is 59.3 Å². The second-order valence-corrected chi connectivity index (χ2v) is 9.75. The maximum absolute atomic E-state index is 2.73. The van der Waals surface area contributed by atoms with E-state index in [1.54, 1.807) is 5.20 Å². The number of nitrogens with zero attached hydrogens (tertiary/aromatic N) is 1. The lowest BCUT2D eigenvalue weighted by Gasteiger charge is -2.44. The molecule has 0 aromatic heterocycles. The molecule has 0 aromatic rings. The standard InChI is InChI=1S/C13H25NSi/c1-11(2)14(12(3)4)15(5,6)13-9-7-8-10-13/h7-9,11-12H,10H2,1-6H3. The molecule has 0 fully saturated rings. The zero-order chi connectivity index (χ0) is 11.6. The number of hydrogen-bond donors (Lipinski definition) is 0. The molecule has 86 valence electrons. The maximum Gasteiger partial charge on any atom is 0.150 e. The summed E-state index contributed by atoms with van der Waals surface area (Å²) in [5.41, 5.74) is 0. The molecule has 0 spiro atoms. The van der Waals surface area contributed by atoms with Crippen LogP contribution in [-0.2, 0) is 0 Å². The van der Waals surface area contributed by atoms with Gasteiger partial charge in [0, 0.05) is 0 Å². The summed E-state index contributed by atoms with van der Waals surface area (Å²) in [6.07, 6.45) is 8.00. The first-order valence-corrected chi connectivity index (χ1v) is 8.96. The summed E-state index contributed by atoms with van der Waals surface area (Å²) in [5, 5.41) is 1.67. The lowest BCUT2D eigenvalue weighted by Crippen LogP contribution is -2.56. The van der Waals surface area contributed by atoms with Crippen LogP contribution in [0.5, 0.6) is 0 Å². The molecule has 0 unspecified atom stereocenters. The first-order valence-electron chi connectivity index (χ1n) is 6.02. The van der Waals surface area contributed by atoms with Gasteiger partial charge >= 0.3 is 0 Å².